The highest BCUT2D eigenvalue weighted by molar-refractivity contribution is 8.13. The van der Waals surface area contributed by atoms with Gasteiger partial charge in [-0.2, -0.15) is 15.0 Å². The van der Waals surface area contributed by atoms with Gasteiger partial charge >= 0.3 is 0 Å². The number of ether oxygens (including phenoxy) is 1. The molecule has 0 bridgehead atoms. The number of rotatable bonds is 9. The lowest BCUT2D eigenvalue weighted by atomic mass is 10.4. The van der Waals surface area contributed by atoms with E-state index < -0.39 is 0 Å². The van der Waals surface area contributed by atoms with Crippen LogP contribution in [0.5, 0.6) is 0 Å². The normalized spacial score (nSPS) is 10.2. The van der Waals surface area contributed by atoms with Crippen molar-refractivity contribution in [2.45, 2.75) is 6.42 Å². The lowest BCUT2D eigenvalue weighted by Gasteiger charge is -2.08. The number of aromatic nitrogens is 3. The number of carbonyl (C=O) groups excluding carboxylic acids is 1. The van der Waals surface area contributed by atoms with Crippen LogP contribution in [-0.4, -0.2) is 59.8 Å². The SMILES string of the molecule is CNC(=O)SCCNc1nc(Cl)nc(NCCCOC)n1. The summed E-state index contributed by atoms with van der Waals surface area (Å²) < 4.78 is 4.95. The van der Waals surface area contributed by atoms with Crippen LogP contribution in [-0.2, 0) is 4.74 Å². The highest BCUT2D eigenvalue weighted by atomic mass is 35.5. The van der Waals surface area contributed by atoms with Gasteiger partial charge in [0, 0.05) is 39.6 Å². The van der Waals surface area contributed by atoms with Gasteiger partial charge in [-0.25, -0.2) is 0 Å². The summed E-state index contributed by atoms with van der Waals surface area (Å²) in [6.07, 6.45) is 0.839. The second-order valence-corrected chi connectivity index (χ2v) is 5.24. The fraction of sp³-hybridized carbons (Fsp3) is 0.636. The van der Waals surface area contributed by atoms with E-state index in [2.05, 4.69) is 30.9 Å². The number of thioether (sulfide) groups is 1. The number of nitrogens with zero attached hydrogens (tertiary/aromatic N) is 3. The third kappa shape index (κ3) is 7.88. The Balaban J connectivity index is 2.39. The molecule has 0 spiro atoms. The Hall–Kier alpha value is -1.32. The maximum atomic E-state index is 11.0. The summed E-state index contributed by atoms with van der Waals surface area (Å²) in [5.74, 6) is 1.38. The van der Waals surface area contributed by atoms with Crippen LogP contribution in [0.2, 0.25) is 5.28 Å². The van der Waals surface area contributed by atoms with Crippen molar-refractivity contribution in [1.82, 2.24) is 20.3 Å². The zero-order chi connectivity index (χ0) is 15.5. The minimum atomic E-state index is -0.0778. The summed E-state index contributed by atoms with van der Waals surface area (Å²) in [4.78, 5) is 23.2. The maximum absolute atomic E-state index is 11.0. The molecule has 0 atom stereocenters. The van der Waals surface area contributed by atoms with E-state index in [0.717, 1.165) is 6.42 Å². The Labute approximate surface area is 132 Å². The van der Waals surface area contributed by atoms with Gasteiger partial charge in [0.1, 0.15) is 0 Å². The smallest absolute Gasteiger partial charge is 0.278 e. The summed E-state index contributed by atoms with van der Waals surface area (Å²) in [6, 6.07) is 0. The molecular weight excluding hydrogens is 316 g/mol. The highest BCUT2D eigenvalue weighted by Crippen LogP contribution is 2.10. The van der Waals surface area contributed by atoms with Crippen LogP contribution in [0.25, 0.3) is 0 Å². The number of methoxy groups -OCH3 is 1. The first-order valence-corrected chi connectivity index (χ1v) is 7.75. The van der Waals surface area contributed by atoms with E-state index in [1.54, 1.807) is 14.2 Å². The van der Waals surface area contributed by atoms with E-state index in [1.807, 2.05) is 0 Å². The number of anilines is 2. The second kappa shape index (κ2) is 10.4. The van der Waals surface area contributed by atoms with Crippen LogP contribution < -0.4 is 16.0 Å². The van der Waals surface area contributed by atoms with E-state index in [4.69, 9.17) is 16.3 Å². The van der Waals surface area contributed by atoms with E-state index in [9.17, 15) is 4.79 Å². The fourth-order valence-electron chi connectivity index (χ4n) is 1.30. The molecule has 118 valence electrons. The molecular formula is C11H19ClN6O2S. The maximum Gasteiger partial charge on any atom is 0.278 e. The number of nitrogens with one attached hydrogen (secondary N) is 3. The lowest BCUT2D eigenvalue weighted by molar-refractivity contribution is 0.197. The predicted octanol–water partition coefficient (Wildman–Crippen LogP) is 1.46. The molecule has 0 aliphatic heterocycles. The highest BCUT2D eigenvalue weighted by Gasteiger charge is 2.05. The third-order valence-electron chi connectivity index (χ3n) is 2.24. The van der Waals surface area contributed by atoms with Crippen LogP contribution in [0.15, 0.2) is 0 Å². The van der Waals surface area contributed by atoms with Gasteiger partial charge in [0.2, 0.25) is 17.2 Å². The number of amides is 1. The predicted molar refractivity (Wildman–Crippen MR) is 85.2 cm³/mol. The Morgan fingerprint density at radius 1 is 1.24 bits per heavy atom. The van der Waals surface area contributed by atoms with Crippen molar-refractivity contribution in [3.05, 3.63) is 5.28 Å². The first-order chi connectivity index (χ1) is 10.2. The molecule has 0 aliphatic rings. The van der Waals surface area contributed by atoms with Gasteiger partial charge in [0.25, 0.3) is 5.24 Å². The second-order valence-electron chi connectivity index (χ2n) is 3.84. The fourth-order valence-corrected chi connectivity index (χ4v) is 2.00. The molecule has 3 N–H and O–H groups in total. The molecule has 1 heterocycles. The standard InChI is InChI=1S/C11H19ClN6O2S/c1-13-11(19)21-7-5-15-10-17-8(12)16-9(18-10)14-4-3-6-20-2/h3-7H2,1-2H3,(H,13,19)(H2,14,15,16,17,18). The first-order valence-electron chi connectivity index (χ1n) is 6.38. The summed E-state index contributed by atoms with van der Waals surface area (Å²) >= 11 is 7.02. The molecule has 0 unspecified atom stereocenters. The van der Waals surface area contributed by atoms with Gasteiger partial charge in [0.15, 0.2) is 0 Å². The average molecular weight is 335 g/mol. The topological polar surface area (TPSA) is 101 Å². The molecule has 21 heavy (non-hydrogen) atoms. The van der Waals surface area contributed by atoms with Crippen molar-refractivity contribution in [3.8, 4) is 0 Å². The van der Waals surface area contributed by atoms with Crippen molar-refractivity contribution < 1.29 is 9.53 Å². The zero-order valence-corrected chi connectivity index (χ0v) is 13.6. The molecule has 0 aliphatic carbocycles. The Bertz CT molecular complexity index is 451. The molecule has 1 aromatic heterocycles. The van der Waals surface area contributed by atoms with Crippen LogP contribution >= 0.6 is 23.4 Å². The lowest BCUT2D eigenvalue weighted by Crippen LogP contribution is -2.16. The van der Waals surface area contributed by atoms with Gasteiger partial charge in [-0.15, -0.1) is 0 Å². The number of halogens is 1. The van der Waals surface area contributed by atoms with E-state index >= 15 is 0 Å². The molecule has 1 aromatic rings. The van der Waals surface area contributed by atoms with Crippen molar-refractivity contribution in [2.24, 2.45) is 0 Å². The first kappa shape index (κ1) is 17.7. The van der Waals surface area contributed by atoms with Crippen LogP contribution in [0.1, 0.15) is 6.42 Å². The zero-order valence-electron chi connectivity index (χ0n) is 12.0. The van der Waals surface area contributed by atoms with Crippen LogP contribution in [0.3, 0.4) is 0 Å². The van der Waals surface area contributed by atoms with Crippen molar-refractivity contribution in [2.75, 3.05) is 50.2 Å². The van der Waals surface area contributed by atoms with Crippen molar-refractivity contribution >= 4 is 40.5 Å². The quantitative estimate of drug-likeness (QED) is 0.583. The summed E-state index contributed by atoms with van der Waals surface area (Å²) in [6.45, 7) is 1.88. The summed E-state index contributed by atoms with van der Waals surface area (Å²) in [5.41, 5.74) is 0. The molecule has 0 fully saturated rings. The van der Waals surface area contributed by atoms with Crippen LogP contribution in [0, 0.1) is 0 Å². The van der Waals surface area contributed by atoms with Gasteiger partial charge in [-0.1, -0.05) is 11.8 Å². The minimum absolute atomic E-state index is 0.0778. The summed E-state index contributed by atoms with van der Waals surface area (Å²) in [7, 11) is 3.24. The van der Waals surface area contributed by atoms with Gasteiger partial charge in [-0.05, 0) is 18.0 Å². The molecule has 0 radical (unpaired) electrons. The van der Waals surface area contributed by atoms with Gasteiger partial charge < -0.3 is 20.7 Å². The Kier molecular flexibility index (Phi) is 8.79. The number of carbonyl (C=O) groups is 1. The van der Waals surface area contributed by atoms with E-state index in [-0.39, 0.29) is 10.5 Å². The molecule has 1 amide bonds. The van der Waals surface area contributed by atoms with E-state index in [0.29, 0.717) is 37.3 Å². The molecule has 10 heteroatoms. The van der Waals surface area contributed by atoms with Crippen LogP contribution in [0.4, 0.5) is 16.7 Å². The largest absolute Gasteiger partial charge is 0.385 e. The summed E-state index contributed by atoms with van der Waals surface area (Å²) in [5, 5.41) is 8.60. The van der Waals surface area contributed by atoms with Crippen molar-refractivity contribution in [3.63, 3.8) is 0 Å². The average Bonchev–Trinajstić information content (AvgIpc) is 2.47. The molecule has 0 aromatic carbocycles. The van der Waals surface area contributed by atoms with Gasteiger partial charge in [0.05, 0.1) is 0 Å². The van der Waals surface area contributed by atoms with Crippen molar-refractivity contribution in [1.29, 1.82) is 0 Å². The third-order valence-corrected chi connectivity index (χ3v) is 3.28. The minimum Gasteiger partial charge on any atom is -0.385 e. The molecule has 1 rings (SSSR count). The number of hydrogen-bond acceptors (Lipinski definition) is 8. The van der Waals surface area contributed by atoms with E-state index in [1.165, 1.54) is 11.8 Å². The monoisotopic (exact) mass is 334 g/mol. The molecule has 8 nitrogen and oxygen atoms in total. The number of hydrogen-bond donors (Lipinski definition) is 3. The molecule has 0 saturated carbocycles. The molecule has 0 saturated heterocycles. The Morgan fingerprint density at radius 3 is 2.52 bits per heavy atom. The van der Waals surface area contributed by atoms with Gasteiger partial charge in [-0.3, -0.25) is 4.79 Å². The Morgan fingerprint density at radius 2 is 1.90 bits per heavy atom.